The number of carbonyl (C=O) groups is 1. The third-order valence-electron chi connectivity index (χ3n) is 2.16. The van der Waals surface area contributed by atoms with Crippen LogP contribution in [0.15, 0.2) is 18.2 Å². The molecule has 1 aromatic rings. The number of carbonyl (C=O) groups excluding carboxylic acids is 1. The Hall–Kier alpha value is -1.49. The van der Waals surface area contributed by atoms with Crippen molar-refractivity contribution in [3.8, 4) is 0 Å². The molecule has 5 heteroatoms. The minimum absolute atomic E-state index is 0.0185. The van der Waals surface area contributed by atoms with Crippen LogP contribution in [0.1, 0.15) is 16.8 Å². The van der Waals surface area contributed by atoms with Crippen molar-refractivity contribution < 1.29 is 18.7 Å². The minimum atomic E-state index is -1.04. The van der Waals surface area contributed by atoms with Gasteiger partial charge in [0.1, 0.15) is 0 Å². The second kappa shape index (κ2) is 5.55. The number of hydrogen-bond acceptors (Lipinski definition) is 2. The van der Waals surface area contributed by atoms with Crippen LogP contribution in [0.3, 0.4) is 0 Å². The van der Waals surface area contributed by atoms with Crippen molar-refractivity contribution in [2.75, 3.05) is 20.2 Å². The van der Waals surface area contributed by atoms with Crippen molar-refractivity contribution in [2.45, 2.75) is 6.42 Å². The number of aliphatic hydroxyl groups excluding tert-OH is 1. The molecule has 0 unspecified atom stereocenters. The second-order valence-electron chi connectivity index (χ2n) is 3.43. The molecule has 0 aromatic heterocycles. The van der Waals surface area contributed by atoms with E-state index in [1.54, 1.807) is 7.05 Å². The van der Waals surface area contributed by atoms with Gasteiger partial charge in [-0.25, -0.2) is 8.78 Å². The van der Waals surface area contributed by atoms with Crippen molar-refractivity contribution in [3.63, 3.8) is 0 Å². The SMILES string of the molecule is CN(CCCO)C(=O)c1ccc(F)c(F)c1. The zero-order valence-corrected chi connectivity index (χ0v) is 8.91. The summed E-state index contributed by atoms with van der Waals surface area (Å²) in [5.41, 5.74) is 0.0966. The number of hydrogen-bond donors (Lipinski definition) is 1. The number of benzene rings is 1. The molecule has 0 spiro atoms. The summed E-state index contributed by atoms with van der Waals surface area (Å²) in [5, 5.41) is 8.60. The minimum Gasteiger partial charge on any atom is -0.396 e. The monoisotopic (exact) mass is 229 g/mol. The van der Waals surface area contributed by atoms with Crippen LogP contribution in [0.2, 0.25) is 0 Å². The summed E-state index contributed by atoms with van der Waals surface area (Å²) in [6.45, 7) is 0.351. The van der Waals surface area contributed by atoms with Gasteiger partial charge in [0.25, 0.3) is 5.91 Å². The van der Waals surface area contributed by atoms with Crippen LogP contribution >= 0.6 is 0 Å². The fourth-order valence-corrected chi connectivity index (χ4v) is 1.26. The number of nitrogens with zero attached hydrogens (tertiary/aromatic N) is 1. The average Bonchev–Trinajstić information content (AvgIpc) is 2.28. The van der Waals surface area contributed by atoms with Gasteiger partial charge < -0.3 is 10.0 Å². The third kappa shape index (κ3) is 3.00. The highest BCUT2D eigenvalue weighted by Crippen LogP contribution is 2.10. The molecular weight excluding hydrogens is 216 g/mol. The molecule has 1 amide bonds. The van der Waals surface area contributed by atoms with Gasteiger partial charge in [-0.05, 0) is 24.6 Å². The molecule has 0 aliphatic heterocycles. The lowest BCUT2D eigenvalue weighted by molar-refractivity contribution is 0.0785. The second-order valence-corrected chi connectivity index (χ2v) is 3.43. The smallest absolute Gasteiger partial charge is 0.253 e. The van der Waals surface area contributed by atoms with Crippen LogP contribution in [-0.4, -0.2) is 36.1 Å². The number of rotatable bonds is 4. The molecular formula is C11H13F2NO2. The molecule has 3 nitrogen and oxygen atoms in total. The summed E-state index contributed by atoms with van der Waals surface area (Å²) in [5.74, 6) is -2.41. The van der Waals surface area contributed by atoms with Crippen LogP contribution in [0.25, 0.3) is 0 Å². The molecule has 1 rings (SSSR count). The van der Waals surface area contributed by atoms with Crippen molar-refractivity contribution in [1.82, 2.24) is 4.90 Å². The summed E-state index contributed by atoms with van der Waals surface area (Å²) in [4.78, 5) is 13.0. The van der Waals surface area contributed by atoms with Crippen LogP contribution in [0.4, 0.5) is 8.78 Å². The molecule has 88 valence electrons. The summed E-state index contributed by atoms with van der Waals surface area (Å²) in [6.07, 6.45) is 0.450. The molecule has 0 radical (unpaired) electrons. The molecule has 0 atom stereocenters. The van der Waals surface area contributed by atoms with Gasteiger partial charge >= 0.3 is 0 Å². The molecule has 0 saturated carbocycles. The maximum Gasteiger partial charge on any atom is 0.253 e. The van der Waals surface area contributed by atoms with E-state index in [1.165, 1.54) is 11.0 Å². The van der Waals surface area contributed by atoms with E-state index < -0.39 is 17.5 Å². The molecule has 0 saturated heterocycles. The Morgan fingerprint density at radius 3 is 2.62 bits per heavy atom. The normalized spacial score (nSPS) is 10.2. The van der Waals surface area contributed by atoms with Crippen molar-refractivity contribution in [2.24, 2.45) is 0 Å². The molecule has 16 heavy (non-hydrogen) atoms. The quantitative estimate of drug-likeness (QED) is 0.848. The van der Waals surface area contributed by atoms with E-state index in [1.807, 2.05) is 0 Å². The predicted molar refractivity (Wildman–Crippen MR) is 55.0 cm³/mol. The lowest BCUT2D eigenvalue weighted by Gasteiger charge is -2.16. The summed E-state index contributed by atoms with van der Waals surface area (Å²) >= 11 is 0. The fraction of sp³-hybridized carbons (Fsp3) is 0.364. The third-order valence-corrected chi connectivity index (χ3v) is 2.16. The Morgan fingerprint density at radius 1 is 1.38 bits per heavy atom. The van der Waals surface area contributed by atoms with Gasteiger partial charge in [0.2, 0.25) is 0 Å². The number of halogens is 2. The predicted octanol–water partition coefficient (Wildman–Crippen LogP) is 1.42. The van der Waals surface area contributed by atoms with Crippen molar-refractivity contribution in [3.05, 3.63) is 35.4 Å². The molecule has 0 heterocycles. The van der Waals surface area contributed by atoms with Crippen LogP contribution in [0, 0.1) is 11.6 Å². The zero-order chi connectivity index (χ0) is 12.1. The highest BCUT2D eigenvalue weighted by molar-refractivity contribution is 5.94. The Morgan fingerprint density at radius 2 is 2.06 bits per heavy atom. The summed E-state index contributed by atoms with van der Waals surface area (Å²) in [7, 11) is 1.54. The van der Waals surface area contributed by atoms with E-state index in [2.05, 4.69) is 0 Å². The van der Waals surface area contributed by atoms with Gasteiger partial charge in [0, 0.05) is 25.8 Å². The van der Waals surface area contributed by atoms with Gasteiger partial charge in [0.15, 0.2) is 11.6 Å². The lowest BCUT2D eigenvalue weighted by atomic mass is 10.2. The van der Waals surface area contributed by atoms with Gasteiger partial charge in [0.05, 0.1) is 0 Å². The maximum absolute atomic E-state index is 12.9. The largest absolute Gasteiger partial charge is 0.396 e. The van der Waals surface area contributed by atoms with E-state index in [-0.39, 0.29) is 12.2 Å². The number of aliphatic hydroxyl groups is 1. The van der Waals surface area contributed by atoms with E-state index in [0.717, 1.165) is 12.1 Å². The first kappa shape index (κ1) is 12.6. The van der Waals surface area contributed by atoms with Crippen LogP contribution in [0.5, 0.6) is 0 Å². The lowest BCUT2D eigenvalue weighted by Crippen LogP contribution is -2.28. The number of amides is 1. The van der Waals surface area contributed by atoms with Crippen molar-refractivity contribution in [1.29, 1.82) is 0 Å². The van der Waals surface area contributed by atoms with Gasteiger partial charge in [-0.3, -0.25) is 4.79 Å². The first-order chi connectivity index (χ1) is 7.56. The van der Waals surface area contributed by atoms with Crippen LogP contribution in [-0.2, 0) is 0 Å². The molecule has 0 bridgehead atoms. The molecule has 1 N–H and O–H groups in total. The summed E-state index contributed by atoms with van der Waals surface area (Å²) < 4.78 is 25.5. The Balaban J connectivity index is 2.76. The standard InChI is InChI=1S/C11H13F2NO2/c1-14(5-2-6-15)11(16)8-3-4-9(12)10(13)7-8/h3-4,7,15H,2,5-6H2,1H3. The van der Waals surface area contributed by atoms with Gasteiger partial charge in [-0.15, -0.1) is 0 Å². The Kier molecular flexibility index (Phi) is 4.37. The average molecular weight is 229 g/mol. The maximum atomic E-state index is 12.9. The highest BCUT2D eigenvalue weighted by atomic mass is 19.2. The van der Waals surface area contributed by atoms with Gasteiger partial charge in [-0.1, -0.05) is 0 Å². The van der Waals surface area contributed by atoms with E-state index >= 15 is 0 Å². The molecule has 0 aliphatic carbocycles. The van der Waals surface area contributed by atoms with E-state index in [4.69, 9.17) is 5.11 Å². The molecule has 1 aromatic carbocycles. The Bertz CT molecular complexity index is 382. The molecule has 0 aliphatic rings. The van der Waals surface area contributed by atoms with E-state index in [0.29, 0.717) is 13.0 Å². The van der Waals surface area contributed by atoms with Crippen LogP contribution < -0.4 is 0 Å². The van der Waals surface area contributed by atoms with Crippen molar-refractivity contribution >= 4 is 5.91 Å². The Labute approximate surface area is 92.3 Å². The van der Waals surface area contributed by atoms with E-state index in [9.17, 15) is 13.6 Å². The van der Waals surface area contributed by atoms with Gasteiger partial charge in [-0.2, -0.15) is 0 Å². The topological polar surface area (TPSA) is 40.5 Å². The first-order valence-electron chi connectivity index (χ1n) is 4.87. The zero-order valence-electron chi connectivity index (χ0n) is 8.91. The fourth-order valence-electron chi connectivity index (χ4n) is 1.26. The first-order valence-corrected chi connectivity index (χ1v) is 4.87. The highest BCUT2D eigenvalue weighted by Gasteiger charge is 2.13. The summed E-state index contributed by atoms with van der Waals surface area (Å²) in [6, 6.07) is 3.02. The molecule has 0 fully saturated rings.